The first-order valence-corrected chi connectivity index (χ1v) is 18.5. The molecule has 61 heavy (non-hydrogen) atoms. The highest BCUT2D eigenvalue weighted by atomic mass is 19.4. The minimum absolute atomic E-state index is 0.0465. The highest BCUT2D eigenvalue weighted by Crippen LogP contribution is 2.32. The molecule has 0 saturated carbocycles. The first-order valence-electron chi connectivity index (χ1n) is 18.5. The summed E-state index contributed by atoms with van der Waals surface area (Å²) in [4.78, 5) is 40.3. The molecule has 0 saturated heterocycles. The number of hydrogen-bond acceptors (Lipinski definition) is 10. The van der Waals surface area contributed by atoms with Crippen LogP contribution in [0.3, 0.4) is 0 Å². The number of carboxylic acids is 1. The Labute approximate surface area is 345 Å². The van der Waals surface area contributed by atoms with Gasteiger partial charge in [0.25, 0.3) is 5.91 Å². The maximum absolute atomic E-state index is 12.9. The Morgan fingerprint density at radius 2 is 1.20 bits per heavy atom. The standard InChI is InChI=1S/C23H16F3N3O3.C23H18N2O4/c24-23(25,26)15-4-2-5-16(10-15)29-22(31)20-6-1-3-14-9-18(7-8-19(14)20)32-21-11-17(12-30)27-13-28-21;26-23(27)21-8-4-7-17-11-19(9-10-20(17)21)29-22-12-18(24-15-25-22)14-28-13-16-5-2-1-3-6-16/h1-11,13,30H,12H2,(H,29,31);1-12,15H,13-14H2,(H,26,27). The summed E-state index contributed by atoms with van der Waals surface area (Å²) in [6.07, 6.45) is -1.80. The number of amides is 1. The fourth-order valence-electron chi connectivity index (χ4n) is 6.13. The van der Waals surface area contributed by atoms with Crippen LogP contribution < -0.4 is 14.8 Å². The molecule has 12 nitrogen and oxygen atoms in total. The van der Waals surface area contributed by atoms with Crippen LogP contribution in [0, 0.1) is 0 Å². The number of halogens is 3. The molecule has 8 aromatic rings. The quantitative estimate of drug-likeness (QED) is 0.107. The second-order valence-corrected chi connectivity index (χ2v) is 13.3. The number of anilines is 1. The molecule has 0 aliphatic rings. The minimum Gasteiger partial charge on any atom is -0.478 e. The van der Waals surface area contributed by atoms with Gasteiger partial charge >= 0.3 is 12.1 Å². The lowest BCUT2D eigenvalue weighted by molar-refractivity contribution is -0.137. The number of nitrogens with one attached hydrogen (secondary N) is 1. The van der Waals surface area contributed by atoms with Crippen LogP contribution in [-0.4, -0.2) is 42.0 Å². The van der Waals surface area contributed by atoms with Crippen molar-refractivity contribution in [3.8, 4) is 23.3 Å². The van der Waals surface area contributed by atoms with E-state index in [1.165, 1.54) is 30.9 Å². The van der Waals surface area contributed by atoms with Crippen molar-refractivity contribution in [1.82, 2.24) is 19.9 Å². The van der Waals surface area contributed by atoms with Gasteiger partial charge in [-0.2, -0.15) is 13.2 Å². The van der Waals surface area contributed by atoms with Gasteiger partial charge in [-0.15, -0.1) is 0 Å². The summed E-state index contributed by atoms with van der Waals surface area (Å²) < 4.78 is 56.0. The highest BCUT2D eigenvalue weighted by molar-refractivity contribution is 6.13. The number of benzene rings is 6. The summed E-state index contributed by atoms with van der Waals surface area (Å²) in [5, 5.41) is 23.7. The Bertz CT molecular complexity index is 2830. The fourth-order valence-corrected chi connectivity index (χ4v) is 6.13. The number of carbonyl (C=O) groups excluding carboxylic acids is 1. The smallest absolute Gasteiger partial charge is 0.416 e. The summed E-state index contributed by atoms with van der Waals surface area (Å²) in [5.74, 6) is 0.173. The third-order valence-electron chi connectivity index (χ3n) is 8.99. The van der Waals surface area contributed by atoms with Crippen molar-refractivity contribution < 1.29 is 47.2 Å². The van der Waals surface area contributed by atoms with Crippen LogP contribution in [0.5, 0.6) is 23.3 Å². The van der Waals surface area contributed by atoms with E-state index >= 15 is 0 Å². The van der Waals surface area contributed by atoms with E-state index in [4.69, 9.17) is 14.2 Å². The number of aliphatic hydroxyl groups is 1. The monoisotopic (exact) mass is 825 g/mol. The highest BCUT2D eigenvalue weighted by Gasteiger charge is 2.30. The second-order valence-electron chi connectivity index (χ2n) is 13.3. The first-order chi connectivity index (χ1) is 29.5. The van der Waals surface area contributed by atoms with Crippen molar-refractivity contribution in [2.75, 3.05) is 5.32 Å². The molecule has 6 aromatic carbocycles. The van der Waals surface area contributed by atoms with Crippen molar-refractivity contribution in [2.45, 2.75) is 26.0 Å². The molecule has 3 N–H and O–H groups in total. The number of rotatable bonds is 12. The lowest BCUT2D eigenvalue weighted by Crippen LogP contribution is -2.13. The van der Waals surface area contributed by atoms with Crippen LogP contribution in [0.1, 0.15) is 43.2 Å². The van der Waals surface area contributed by atoms with Crippen molar-refractivity contribution >= 4 is 39.1 Å². The van der Waals surface area contributed by atoms with Crippen LogP contribution in [0.4, 0.5) is 18.9 Å². The largest absolute Gasteiger partial charge is 0.478 e. The Morgan fingerprint density at radius 3 is 1.82 bits per heavy atom. The molecule has 0 fully saturated rings. The number of aromatic carboxylic acids is 1. The number of carbonyl (C=O) groups is 2. The number of nitrogens with zero attached hydrogens (tertiary/aromatic N) is 4. The number of fused-ring (bicyclic) bond motifs is 2. The Balaban J connectivity index is 0.000000185. The molecule has 8 rings (SSSR count). The molecule has 0 radical (unpaired) electrons. The summed E-state index contributed by atoms with van der Waals surface area (Å²) in [7, 11) is 0. The van der Waals surface area contributed by atoms with E-state index < -0.39 is 23.6 Å². The van der Waals surface area contributed by atoms with Gasteiger partial charge in [-0.1, -0.05) is 60.7 Å². The molecule has 0 atom stereocenters. The van der Waals surface area contributed by atoms with Gasteiger partial charge in [0.05, 0.1) is 42.3 Å². The van der Waals surface area contributed by atoms with E-state index in [9.17, 15) is 33.0 Å². The zero-order valence-electron chi connectivity index (χ0n) is 31.9. The molecule has 2 heterocycles. The van der Waals surface area contributed by atoms with Gasteiger partial charge in [-0.3, -0.25) is 4.79 Å². The van der Waals surface area contributed by atoms with Crippen molar-refractivity contribution in [2.24, 2.45) is 0 Å². The average Bonchev–Trinajstić information content (AvgIpc) is 3.26. The number of aromatic nitrogens is 4. The lowest BCUT2D eigenvalue weighted by atomic mass is 10.0. The zero-order chi connectivity index (χ0) is 42.8. The lowest BCUT2D eigenvalue weighted by Gasteiger charge is -2.12. The SMILES string of the molecule is O=C(Nc1cccc(C(F)(F)F)c1)c1cccc2cc(Oc3cc(CO)ncn3)ccc12.O=C(O)c1cccc2cc(Oc3cc(COCc4ccccc4)ncn3)ccc12. The van der Waals surface area contributed by atoms with E-state index in [0.29, 0.717) is 63.7 Å². The average molecular weight is 826 g/mol. The Kier molecular flexibility index (Phi) is 12.8. The van der Waals surface area contributed by atoms with Gasteiger partial charge in [0.15, 0.2) is 0 Å². The van der Waals surface area contributed by atoms with Gasteiger partial charge in [0, 0.05) is 23.4 Å². The fraction of sp³-hybridized carbons (Fsp3) is 0.0870. The van der Waals surface area contributed by atoms with E-state index in [1.807, 2.05) is 36.4 Å². The van der Waals surface area contributed by atoms with E-state index in [2.05, 4.69) is 25.3 Å². The molecule has 0 bridgehead atoms. The van der Waals surface area contributed by atoms with Gasteiger partial charge in [-0.05, 0) is 93.8 Å². The van der Waals surface area contributed by atoms with E-state index in [0.717, 1.165) is 23.1 Å². The van der Waals surface area contributed by atoms with Crippen molar-refractivity contribution in [1.29, 1.82) is 0 Å². The normalized spacial score (nSPS) is 11.1. The van der Waals surface area contributed by atoms with Gasteiger partial charge in [-0.25, -0.2) is 24.7 Å². The van der Waals surface area contributed by atoms with E-state index in [1.54, 1.807) is 72.8 Å². The Morgan fingerprint density at radius 1 is 0.607 bits per heavy atom. The summed E-state index contributed by atoms with van der Waals surface area (Å²) >= 11 is 0. The number of carboxylic acid groups (broad SMARTS) is 1. The molecular formula is C46H34F3N5O7. The zero-order valence-corrected chi connectivity index (χ0v) is 31.9. The predicted octanol–water partition coefficient (Wildman–Crippen LogP) is 10.0. The molecule has 0 unspecified atom stereocenters. The molecule has 0 spiro atoms. The number of hydrogen-bond donors (Lipinski definition) is 3. The molecule has 15 heteroatoms. The summed E-state index contributed by atoms with van der Waals surface area (Å²) in [6.45, 7) is 0.589. The number of ether oxygens (including phenoxy) is 3. The van der Waals surface area contributed by atoms with Gasteiger partial charge in [0.2, 0.25) is 11.8 Å². The number of aliphatic hydroxyl groups excluding tert-OH is 1. The van der Waals surface area contributed by atoms with Crippen LogP contribution >= 0.6 is 0 Å². The predicted molar refractivity (Wildman–Crippen MR) is 219 cm³/mol. The summed E-state index contributed by atoms with van der Waals surface area (Å²) in [5.41, 5.74) is 1.97. The summed E-state index contributed by atoms with van der Waals surface area (Å²) in [6, 6.07) is 38.0. The maximum Gasteiger partial charge on any atom is 0.416 e. The van der Waals surface area contributed by atoms with Gasteiger partial charge in [0.1, 0.15) is 24.2 Å². The first kappa shape index (κ1) is 41.4. The van der Waals surface area contributed by atoms with Gasteiger partial charge < -0.3 is 29.7 Å². The molecule has 2 aromatic heterocycles. The van der Waals surface area contributed by atoms with Crippen molar-refractivity contribution in [3.63, 3.8) is 0 Å². The molecule has 0 aliphatic carbocycles. The molecule has 306 valence electrons. The maximum atomic E-state index is 12.9. The van der Waals surface area contributed by atoms with E-state index in [-0.39, 0.29) is 23.7 Å². The number of alkyl halides is 3. The molecule has 0 aliphatic heterocycles. The third kappa shape index (κ3) is 10.9. The van der Waals surface area contributed by atoms with Crippen LogP contribution in [0.25, 0.3) is 21.5 Å². The van der Waals surface area contributed by atoms with Crippen LogP contribution in [-0.2, 0) is 30.7 Å². The molecule has 1 amide bonds. The van der Waals surface area contributed by atoms with Crippen molar-refractivity contribution in [3.05, 3.63) is 186 Å². The van der Waals surface area contributed by atoms with Crippen LogP contribution in [0.15, 0.2) is 152 Å². The molecular weight excluding hydrogens is 792 g/mol. The minimum atomic E-state index is -4.50. The van der Waals surface area contributed by atoms with Crippen LogP contribution in [0.2, 0.25) is 0 Å². The second kappa shape index (κ2) is 18.9. The Hall–Kier alpha value is -7.75. The topological polar surface area (TPSA) is 166 Å². The third-order valence-corrected chi connectivity index (χ3v) is 8.99.